The molecule has 2 saturated carbocycles. The van der Waals surface area contributed by atoms with Crippen molar-refractivity contribution in [2.45, 2.75) is 51.4 Å². The van der Waals surface area contributed by atoms with E-state index in [4.69, 9.17) is 9.90 Å². The lowest BCUT2D eigenvalue weighted by atomic mass is 9.78. The zero-order valence-corrected chi connectivity index (χ0v) is 16.7. The van der Waals surface area contributed by atoms with Gasteiger partial charge in [0.25, 0.3) is 6.47 Å². The van der Waals surface area contributed by atoms with Crippen LogP contribution >= 0.6 is 0 Å². The van der Waals surface area contributed by atoms with Gasteiger partial charge in [-0.05, 0) is 60.3 Å². The Morgan fingerprint density at radius 1 is 1.14 bits per heavy atom. The fourth-order valence-electron chi connectivity index (χ4n) is 5.06. The average molecular weight is 397 g/mol. The van der Waals surface area contributed by atoms with Crippen molar-refractivity contribution >= 4 is 17.4 Å². The summed E-state index contributed by atoms with van der Waals surface area (Å²) in [5, 5.41) is 8.16. The minimum atomic E-state index is -0.799. The van der Waals surface area contributed by atoms with Gasteiger partial charge in [-0.1, -0.05) is 38.5 Å². The molecule has 1 N–H and O–H groups in total. The first kappa shape index (κ1) is 19.6. The molecule has 1 atom stereocenters. The number of carboxylic acid groups (broad SMARTS) is 1. The summed E-state index contributed by atoms with van der Waals surface area (Å²) in [5.74, 6) is -0.668. The SMILES string of the molecule is CC(C)c1c(C2CC23CCC3)c2ccccc2n1-c1ccc(F)c(F)c1.O=CO. The van der Waals surface area contributed by atoms with Crippen LogP contribution in [-0.4, -0.2) is 16.1 Å². The molecule has 1 spiro atoms. The molecule has 3 nitrogen and oxygen atoms in total. The quantitative estimate of drug-likeness (QED) is 0.520. The summed E-state index contributed by atoms with van der Waals surface area (Å²) in [4.78, 5) is 8.36. The van der Waals surface area contributed by atoms with Crippen LogP contribution < -0.4 is 0 Å². The Balaban J connectivity index is 0.000000645. The standard InChI is InChI=1S/C23H23F2N.CH2O2/c1-14(2)22-21(17-13-23(17)10-5-11-23)16-6-3-4-7-20(16)26(22)15-8-9-18(24)19(25)12-15;2-1-3/h3-4,6-9,12,14,17H,5,10-11,13H2,1-2H3;1H,(H,2,3). The summed E-state index contributed by atoms with van der Waals surface area (Å²) in [6.45, 7) is 4.15. The molecule has 29 heavy (non-hydrogen) atoms. The molecule has 5 heteroatoms. The second kappa shape index (κ2) is 7.29. The largest absolute Gasteiger partial charge is 0.483 e. The van der Waals surface area contributed by atoms with Crippen LogP contribution in [0.4, 0.5) is 8.78 Å². The molecular weight excluding hydrogens is 372 g/mol. The number of fused-ring (bicyclic) bond motifs is 1. The summed E-state index contributed by atoms with van der Waals surface area (Å²) >= 11 is 0. The Kier molecular flexibility index (Phi) is 4.93. The van der Waals surface area contributed by atoms with E-state index < -0.39 is 11.6 Å². The third kappa shape index (κ3) is 3.13. The molecule has 0 saturated heterocycles. The van der Waals surface area contributed by atoms with Crippen LogP contribution in [-0.2, 0) is 4.79 Å². The second-order valence-electron chi connectivity index (χ2n) is 8.48. The molecule has 0 bridgehead atoms. The molecule has 1 heterocycles. The number of halogens is 2. The molecule has 2 aromatic carbocycles. The highest BCUT2D eigenvalue weighted by Crippen LogP contribution is 2.71. The molecule has 2 aliphatic rings. The van der Waals surface area contributed by atoms with Gasteiger partial charge in [0.2, 0.25) is 0 Å². The van der Waals surface area contributed by atoms with E-state index in [1.165, 1.54) is 54.5 Å². The molecular formula is C24H25F2NO2. The highest BCUT2D eigenvalue weighted by atomic mass is 19.2. The van der Waals surface area contributed by atoms with Crippen molar-refractivity contribution < 1.29 is 18.7 Å². The van der Waals surface area contributed by atoms with E-state index in [1.54, 1.807) is 6.07 Å². The van der Waals surface area contributed by atoms with Gasteiger partial charge in [-0.15, -0.1) is 0 Å². The number of para-hydroxylation sites is 1. The summed E-state index contributed by atoms with van der Waals surface area (Å²) in [7, 11) is 0. The molecule has 1 aromatic heterocycles. The van der Waals surface area contributed by atoms with Crippen LogP contribution in [0.25, 0.3) is 16.6 Å². The first-order valence-electron chi connectivity index (χ1n) is 10.1. The van der Waals surface area contributed by atoms with Gasteiger partial charge in [0.05, 0.1) is 5.52 Å². The first-order valence-corrected chi connectivity index (χ1v) is 10.1. The number of benzene rings is 2. The number of rotatable bonds is 3. The molecule has 2 fully saturated rings. The number of nitrogens with zero attached hydrogens (tertiary/aromatic N) is 1. The first-order chi connectivity index (χ1) is 13.9. The van der Waals surface area contributed by atoms with Gasteiger partial charge >= 0.3 is 0 Å². The highest BCUT2D eigenvalue weighted by Gasteiger charge is 2.59. The van der Waals surface area contributed by atoms with Gasteiger partial charge in [-0.2, -0.15) is 0 Å². The van der Waals surface area contributed by atoms with Crippen LogP contribution in [0.5, 0.6) is 0 Å². The maximum atomic E-state index is 14.0. The highest BCUT2D eigenvalue weighted by molar-refractivity contribution is 5.89. The Morgan fingerprint density at radius 2 is 1.83 bits per heavy atom. The smallest absolute Gasteiger partial charge is 0.290 e. The Hall–Kier alpha value is -2.69. The topological polar surface area (TPSA) is 42.2 Å². The van der Waals surface area contributed by atoms with Crippen molar-refractivity contribution in [1.82, 2.24) is 4.57 Å². The van der Waals surface area contributed by atoms with Crippen molar-refractivity contribution in [3.05, 3.63) is 65.4 Å². The van der Waals surface area contributed by atoms with E-state index in [0.717, 1.165) is 5.52 Å². The van der Waals surface area contributed by atoms with Gasteiger partial charge in [0, 0.05) is 22.8 Å². The minimum Gasteiger partial charge on any atom is -0.483 e. The van der Waals surface area contributed by atoms with E-state index in [1.807, 2.05) is 6.07 Å². The van der Waals surface area contributed by atoms with Gasteiger partial charge in [0.1, 0.15) is 0 Å². The molecule has 3 aromatic rings. The second-order valence-corrected chi connectivity index (χ2v) is 8.48. The van der Waals surface area contributed by atoms with Crippen molar-refractivity contribution in [3.8, 4) is 5.69 Å². The zero-order valence-electron chi connectivity index (χ0n) is 16.7. The maximum absolute atomic E-state index is 14.0. The van der Waals surface area contributed by atoms with Gasteiger partial charge in [-0.25, -0.2) is 8.78 Å². The molecule has 0 radical (unpaired) electrons. The zero-order chi connectivity index (χ0) is 20.8. The molecule has 5 rings (SSSR count). The maximum Gasteiger partial charge on any atom is 0.290 e. The van der Waals surface area contributed by atoms with Crippen LogP contribution in [0.3, 0.4) is 0 Å². The van der Waals surface area contributed by atoms with Crippen LogP contribution in [0.1, 0.15) is 62.6 Å². The lowest BCUT2D eigenvalue weighted by Gasteiger charge is -2.27. The van der Waals surface area contributed by atoms with Gasteiger partial charge in [0.15, 0.2) is 11.6 Å². The molecule has 0 amide bonds. The molecule has 152 valence electrons. The summed E-state index contributed by atoms with van der Waals surface area (Å²) in [5.41, 5.74) is 5.02. The van der Waals surface area contributed by atoms with E-state index in [2.05, 4.69) is 36.6 Å². The molecule has 2 aliphatic carbocycles. The number of hydrogen-bond acceptors (Lipinski definition) is 1. The normalized spacial score (nSPS) is 19.0. The lowest BCUT2D eigenvalue weighted by molar-refractivity contribution is -0.122. The van der Waals surface area contributed by atoms with Crippen molar-refractivity contribution in [1.29, 1.82) is 0 Å². The summed E-state index contributed by atoms with van der Waals surface area (Å²) in [6.07, 6.45) is 5.29. The van der Waals surface area contributed by atoms with Gasteiger partial charge in [-0.3, -0.25) is 4.79 Å². The Labute approximate surface area is 169 Å². The monoisotopic (exact) mass is 397 g/mol. The average Bonchev–Trinajstić information content (AvgIpc) is 3.33. The van der Waals surface area contributed by atoms with E-state index in [-0.39, 0.29) is 6.47 Å². The number of aromatic nitrogens is 1. The van der Waals surface area contributed by atoms with Crippen LogP contribution in [0.15, 0.2) is 42.5 Å². The summed E-state index contributed by atoms with van der Waals surface area (Å²) < 4.78 is 29.6. The molecule has 1 unspecified atom stereocenters. The minimum absolute atomic E-state index is 0.250. The third-order valence-corrected chi connectivity index (χ3v) is 6.55. The van der Waals surface area contributed by atoms with Crippen molar-refractivity contribution in [3.63, 3.8) is 0 Å². The van der Waals surface area contributed by atoms with Crippen molar-refractivity contribution in [2.24, 2.45) is 5.41 Å². The predicted octanol–water partition coefficient (Wildman–Crippen LogP) is 6.39. The predicted molar refractivity (Wildman–Crippen MR) is 110 cm³/mol. The van der Waals surface area contributed by atoms with Crippen LogP contribution in [0, 0.1) is 17.0 Å². The number of hydrogen-bond donors (Lipinski definition) is 1. The molecule has 0 aliphatic heterocycles. The Morgan fingerprint density at radius 3 is 2.38 bits per heavy atom. The Bertz CT molecular complexity index is 1070. The fourth-order valence-corrected chi connectivity index (χ4v) is 5.06. The fraction of sp³-hybridized carbons (Fsp3) is 0.375. The van der Waals surface area contributed by atoms with Crippen molar-refractivity contribution in [2.75, 3.05) is 0 Å². The van der Waals surface area contributed by atoms with Crippen LogP contribution in [0.2, 0.25) is 0 Å². The van der Waals surface area contributed by atoms with E-state index >= 15 is 0 Å². The van der Waals surface area contributed by atoms with E-state index in [9.17, 15) is 8.78 Å². The summed E-state index contributed by atoms with van der Waals surface area (Å²) in [6, 6.07) is 12.6. The van der Waals surface area contributed by atoms with E-state index in [0.29, 0.717) is 22.9 Å². The number of carbonyl (C=O) groups is 1. The third-order valence-electron chi connectivity index (χ3n) is 6.55. The van der Waals surface area contributed by atoms with Gasteiger partial charge < -0.3 is 9.67 Å². The lowest BCUT2D eigenvalue weighted by Crippen LogP contribution is -2.15.